The van der Waals surface area contributed by atoms with E-state index in [4.69, 9.17) is 0 Å². The van der Waals surface area contributed by atoms with Gasteiger partial charge in [0, 0.05) is 41.1 Å². The summed E-state index contributed by atoms with van der Waals surface area (Å²) >= 11 is 0. The number of benzene rings is 2. The third-order valence-corrected chi connectivity index (χ3v) is 7.50. The average molecular weight is 575 g/mol. The lowest BCUT2D eigenvalue weighted by Crippen LogP contribution is -2.33. The molecule has 0 aliphatic carbocycles. The topological polar surface area (TPSA) is 83.0 Å². The highest BCUT2D eigenvalue weighted by atomic mass is 19.4. The molecule has 1 fully saturated rings. The first-order valence-corrected chi connectivity index (χ1v) is 14.1. The van der Waals surface area contributed by atoms with Crippen LogP contribution in [0.4, 0.5) is 30.5 Å². The molecule has 0 bridgehead atoms. The van der Waals surface area contributed by atoms with E-state index in [-0.39, 0.29) is 11.6 Å². The summed E-state index contributed by atoms with van der Waals surface area (Å²) in [5.41, 5.74) is 3.23. The minimum atomic E-state index is -4.52. The smallest absolute Gasteiger partial charge is 0.324 e. The molecule has 10 heteroatoms. The second-order valence-electron chi connectivity index (χ2n) is 10.6. The summed E-state index contributed by atoms with van der Waals surface area (Å²) in [6.45, 7) is 6.69. The number of aryl methyl sites for hydroxylation is 1. The van der Waals surface area contributed by atoms with E-state index in [0.29, 0.717) is 28.5 Å². The molecule has 1 aliphatic rings. The van der Waals surface area contributed by atoms with Gasteiger partial charge < -0.3 is 15.5 Å². The first-order chi connectivity index (χ1) is 20.2. The Labute approximate surface area is 243 Å². The Morgan fingerprint density at radius 3 is 2.57 bits per heavy atom. The summed E-state index contributed by atoms with van der Waals surface area (Å²) in [7, 11) is 0. The molecule has 0 spiro atoms. The number of pyridine rings is 1. The Kier molecular flexibility index (Phi) is 8.82. The number of likely N-dealkylation sites (tertiary alicyclic amines) is 1. The van der Waals surface area contributed by atoms with E-state index in [2.05, 4.69) is 37.4 Å². The highest BCUT2D eigenvalue weighted by Crippen LogP contribution is 2.37. The number of aromatic nitrogens is 3. The minimum Gasteiger partial charge on any atom is -0.324 e. The van der Waals surface area contributed by atoms with Crippen molar-refractivity contribution in [1.82, 2.24) is 19.9 Å². The maximum atomic E-state index is 13.8. The molecule has 1 amide bonds. The van der Waals surface area contributed by atoms with Crippen LogP contribution in [0, 0.1) is 6.92 Å². The van der Waals surface area contributed by atoms with Crippen LogP contribution in [0.3, 0.4) is 0 Å². The Balaban J connectivity index is 1.35. The monoisotopic (exact) mass is 574 g/mol. The standard InChI is InChI=1S/C32H33F3N6O/c1-3-13-41-14-9-22(10-15-41)25-16-26(32(33,34)35)19-27(17-25)38-30(42)23-7-6-21(2)29(18-23)40-31-37-12-8-28(39-31)24-5-4-11-36-20-24/h4-8,11-12,16-20,22H,3,9-10,13-15H2,1-2H3,(H,38,42)(H,37,39,40). The number of hydrogen-bond donors (Lipinski definition) is 2. The first-order valence-electron chi connectivity index (χ1n) is 14.1. The number of halogens is 3. The van der Waals surface area contributed by atoms with Crippen LogP contribution < -0.4 is 10.6 Å². The predicted octanol–water partition coefficient (Wildman–Crippen LogP) is 7.45. The van der Waals surface area contributed by atoms with Crippen molar-refractivity contribution in [2.24, 2.45) is 0 Å². The molecule has 0 radical (unpaired) electrons. The van der Waals surface area contributed by atoms with E-state index in [1.807, 2.05) is 19.1 Å². The van der Waals surface area contributed by atoms with E-state index >= 15 is 0 Å². The number of amides is 1. The van der Waals surface area contributed by atoms with Gasteiger partial charge in [-0.3, -0.25) is 9.78 Å². The van der Waals surface area contributed by atoms with Gasteiger partial charge >= 0.3 is 6.18 Å². The van der Waals surface area contributed by atoms with Gasteiger partial charge in [-0.25, -0.2) is 9.97 Å². The first kappa shape index (κ1) is 29.2. The fourth-order valence-electron chi connectivity index (χ4n) is 5.24. The molecule has 7 nitrogen and oxygen atoms in total. The van der Waals surface area contributed by atoms with E-state index in [0.717, 1.165) is 56.1 Å². The molecule has 0 saturated carbocycles. The molecule has 0 unspecified atom stereocenters. The van der Waals surface area contributed by atoms with Gasteiger partial charge in [-0.2, -0.15) is 13.2 Å². The molecule has 42 heavy (non-hydrogen) atoms. The predicted molar refractivity (Wildman–Crippen MR) is 158 cm³/mol. The lowest BCUT2D eigenvalue weighted by atomic mass is 9.88. The number of alkyl halides is 3. The Bertz CT molecular complexity index is 1540. The summed E-state index contributed by atoms with van der Waals surface area (Å²) < 4.78 is 41.5. The Morgan fingerprint density at radius 2 is 1.86 bits per heavy atom. The maximum Gasteiger partial charge on any atom is 0.416 e. The molecule has 2 N–H and O–H groups in total. The lowest BCUT2D eigenvalue weighted by Gasteiger charge is -2.32. The minimum absolute atomic E-state index is 0.00802. The second kappa shape index (κ2) is 12.7. The van der Waals surface area contributed by atoms with Crippen LogP contribution in [-0.4, -0.2) is 45.4 Å². The van der Waals surface area contributed by atoms with Crippen molar-refractivity contribution in [1.29, 1.82) is 0 Å². The van der Waals surface area contributed by atoms with E-state index < -0.39 is 17.6 Å². The third-order valence-electron chi connectivity index (χ3n) is 7.50. The molecule has 1 saturated heterocycles. The van der Waals surface area contributed by atoms with Gasteiger partial charge in [-0.05, 0) is 111 Å². The molecular formula is C32H33F3N6O. The average Bonchev–Trinajstić information content (AvgIpc) is 2.99. The van der Waals surface area contributed by atoms with Crippen molar-refractivity contribution in [3.05, 3.63) is 95.4 Å². The molecule has 2 aromatic heterocycles. The fourth-order valence-corrected chi connectivity index (χ4v) is 5.24. The summed E-state index contributed by atoms with van der Waals surface area (Å²) in [5, 5.41) is 5.86. The number of anilines is 3. The second-order valence-corrected chi connectivity index (χ2v) is 10.6. The molecule has 2 aromatic carbocycles. The number of nitrogens with one attached hydrogen (secondary N) is 2. The van der Waals surface area contributed by atoms with Crippen molar-refractivity contribution in [2.45, 2.75) is 45.2 Å². The number of piperidine rings is 1. The largest absolute Gasteiger partial charge is 0.416 e. The van der Waals surface area contributed by atoms with Crippen LogP contribution in [0.2, 0.25) is 0 Å². The third kappa shape index (κ3) is 7.12. The van der Waals surface area contributed by atoms with E-state index in [9.17, 15) is 18.0 Å². The lowest BCUT2D eigenvalue weighted by molar-refractivity contribution is -0.137. The van der Waals surface area contributed by atoms with Gasteiger partial charge in [0.05, 0.1) is 11.3 Å². The van der Waals surface area contributed by atoms with Crippen LogP contribution in [0.1, 0.15) is 59.2 Å². The van der Waals surface area contributed by atoms with Crippen LogP contribution in [0.5, 0.6) is 0 Å². The molecule has 5 rings (SSSR count). The zero-order valence-corrected chi connectivity index (χ0v) is 23.6. The Hall–Kier alpha value is -4.31. The van der Waals surface area contributed by atoms with E-state index in [1.165, 1.54) is 6.07 Å². The van der Waals surface area contributed by atoms with Crippen molar-refractivity contribution in [2.75, 3.05) is 30.3 Å². The van der Waals surface area contributed by atoms with Crippen molar-refractivity contribution < 1.29 is 18.0 Å². The highest BCUT2D eigenvalue weighted by molar-refractivity contribution is 6.05. The summed E-state index contributed by atoms with van der Waals surface area (Å²) in [5.74, 6) is -0.163. The molecular weight excluding hydrogens is 541 g/mol. The maximum absolute atomic E-state index is 13.8. The van der Waals surface area contributed by atoms with Gasteiger partial charge in [0.1, 0.15) is 0 Å². The van der Waals surface area contributed by atoms with Gasteiger partial charge in [0.15, 0.2) is 0 Å². The fraction of sp³-hybridized carbons (Fsp3) is 0.312. The van der Waals surface area contributed by atoms with Gasteiger partial charge in [0.2, 0.25) is 5.95 Å². The van der Waals surface area contributed by atoms with Crippen molar-refractivity contribution >= 4 is 23.2 Å². The molecule has 3 heterocycles. The Morgan fingerprint density at radius 1 is 1.05 bits per heavy atom. The number of rotatable bonds is 8. The van der Waals surface area contributed by atoms with Crippen LogP contribution >= 0.6 is 0 Å². The number of carbonyl (C=O) groups excluding carboxylic acids is 1. The molecule has 4 aromatic rings. The van der Waals surface area contributed by atoms with Gasteiger partial charge in [0.25, 0.3) is 5.91 Å². The highest BCUT2D eigenvalue weighted by Gasteiger charge is 2.32. The number of nitrogens with zero attached hydrogens (tertiary/aromatic N) is 4. The SMILES string of the molecule is CCCN1CCC(c2cc(NC(=O)c3ccc(C)c(Nc4nccc(-c5cccnc5)n4)c3)cc(C(F)(F)F)c2)CC1. The summed E-state index contributed by atoms with van der Waals surface area (Å²) in [4.78, 5) is 28.6. The molecule has 0 atom stereocenters. The van der Waals surface area contributed by atoms with Gasteiger partial charge in [-0.1, -0.05) is 13.0 Å². The van der Waals surface area contributed by atoms with Crippen LogP contribution in [-0.2, 0) is 6.18 Å². The van der Waals surface area contributed by atoms with Crippen molar-refractivity contribution in [3.63, 3.8) is 0 Å². The summed E-state index contributed by atoms with van der Waals surface area (Å²) in [6.07, 6.45) is 3.10. The van der Waals surface area contributed by atoms with Crippen molar-refractivity contribution in [3.8, 4) is 11.3 Å². The van der Waals surface area contributed by atoms with Crippen LogP contribution in [0.15, 0.2) is 73.2 Å². The number of carbonyl (C=O) groups is 1. The number of hydrogen-bond acceptors (Lipinski definition) is 6. The summed E-state index contributed by atoms with van der Waals surface area (Å²) in [6, 6.07) is 14.4. The normalized spacial score (nSPS) is 14.5. The zero-order chi connectivity index (χ0) is 29.7. The van der Waals surface area contributed by atoms with Crippen LogP contribution in [0.25, 0.3) is 11.3 Å². The van der Waals surface area contributed by atoms with E-state index in [1.54, 1.807) is 48.9 Å². The quantitative estimate of drug-likeness (QED) is 0.227. The van der Waals surface area contributed by atoms with Gasteiger partial charge in [-0.15, -0.1) is 0 Å². The zero-order valence-electron chi connectivity index (χ0n) is 23.6. The molecule has 218 valence electrons. The molecule has 1 aliphatic heterocycles.